The van der Waals surface area contributed by atoms with Crippen LogP contribution in [0.5, 0.6) is 0 Å². The van der Waals surface area contributed by atoms with Crippen LogP contribution < -0.4 is 0 Å². The first-order chi connectivity index (χ1) is 8.70. The van der Waals surface area contributed by atoms with Crippen LogP contribution in [-0.4, -0.2) is 44.2 Å². The van der Waals surface area contributed by atoms with Crippen LogP contribution in [0.2, 0.25) is 0 Å². The van der Waals surface area contributed by atoms with E-state index >= 15 is 0 Å². The van der Waals surface area contributed by atoms with Crippen LogP contribution in [0.4, 0.5) is 0 Å². The highest BCUT2D eigenvalue weighted by Crippen LogP contribution is 2.53. The minimum Gasteiger partial charge on any atom is -0.459 e. The first kappa shape index (κ1) is 18.6. The van der Waals surface area contributed by atoms with Gasteiger partial charge in [0.1, 0.15) is 5.60 Å². The SMILES string of the molecule is CCOP(=O)(OCC)C(COC)C(=O)OC(C)(C)C. The Morgan fingerprint density at radius 1 is 1.16 bits per heavy atom. The Morgan fingerprint density at radius 3 is 1.95 bits per heavy atom. The largest absolute Gasteiger partial charge is 0.459 e. The second kappa shape index (κ2) is 8.00. The van der Waals surface area contributed by atoms with Crippen molar-refractivity contribution in [1.82, 2.24) is 0 Å². The van der Waals surface area contributed by atoms with Gasteiger partial charge in [0.25, 0.3) is 0 Å². The van der Waals surface area contributed by atoms with E-state index in [2.05, 4.69) is 0 Å². The third-order valence-corrected chi connectivity index (χ3v) is 4.36. The monoisotopic (exact) mass is 296 g/mol. The summed E-state index contributed by atoms with van der Waals surface area (Å²) in [6.07, 6.45) is 0. The first-order valence-corrected chi connectivity index (χ1v) is 7.92. The molecule has 0 fully saturated rings. The molecule has 0 aliphatic rings. The van der Waals surface area contributed by atoms with Crippen LogP contribution in [0.15, 0.2) is 0 Å². The van der Waals surface area contributed by atoms with Gasteiger partial charge in [-0.1, -0.05) is 0 Å². The highest BCUT2D eigenvalue weighted by molar-refractivity contribution is 7.55. The maximum absolute atomic E-state index is 12.6. The molecule has 1 atom stereocenters. The second-order valence-electron chi connectivity index (χ2n) is 4.88. The van der Waals surface area contributed by atoms with Gasteiger partial charge in [0.2, 0.25) is 0 Å². The van der Waals surface area contributed by atoms with Crippen molar-refractivity contribution < 1.29 is 27.9 Å². The molecule has 0 saturated heterocycles. The van der Waals surface area contributed by atoms with Crippen molar-refractivity contribution in [2.75, 3.05) is 26.9 Å². The van der Waals surface area contributed by atoms with Gasteiger partial charge in [-0.25, -0.2) is 0 Å². The first-order valence-electron chi connectivity index (χ1n) is 6.30. The zero-order chi connectivity index (χ0) is 15.1. The van der Waals surface area contributed by atoms with E-state index in [1.807, 2.05) is 0 Å². The van der Waals surface area contributed by atoms with Crippen molar-refractivity contribution in [2.45, 2.75) is 45.9 Å². The zero-order valence-electron chi connectivity index (χ0n) is 12.6. The Kier molecular flexibility index (Phi) is 7.82. The van der Waals surface area contributed by atoms with Crippen LogP contribution in [0, 0.1) is 0 Å². The molecule has 0 radical (unpaired) electrons. The van der Waals surface area contributed by atoms with E-state index in [1.165, 1.54) is 7.11 Å². The lowest BCUT2D eigenvalue weighted by molar-refractivity contribution is -0.155. The normalized spacial score (nSPS) is 14.2. The molecule has 0 aliphatic heterocycles. The fraction of sp³-hybridized carbons (Fsp3) is 0.917. The summed E-state index contributed by atoms with van der Waals surface area (Å²) in [5.41, 5.74) is -1.75. The predicted octanol–water partition coefficient (Wildman–Crippen LogP) is 2.61. The second-order valence-corrected chi connectivity index (χ2v) is 7.10. The minimum absolute atomic E-state index is 0.0772. The molecular weight excluding hydrogens is 271 g/mol. The van der Waals surface area contributed by atoms with E-state index < -0.39 is 24.8 Å². The number of ether oxygens (including phenoxy) is 2. The summed E-state index contributed by atoms with van der Waals surface area (Å²) < 4.78 is 33.1. The molecule has 0 amide bonds. The summed E-state index contributed by atoms with van der Waals surface area (Å²) in [5, 5.41) is 0. The summed E-state index contributed by atoms with van der Waals surface area (Å²) in [4.78, 5) is 12.1. The maximum Gasteiger partial charge on any atom is 0.347 e. The standard InChI is InChI=1S/C12H25O6P/c1-7-16-19(14,17-8-2)10(9-15-6)11(13)18-12(3,4)5/h10H,7-9H2,1-6H3. The molecule has 0 aromatic heterocycles. The van der Waals surface area contributed by atoms with Gasteiger partial charge in [0, 0.05) is 7.11 Å². The van der Waals surface area contributed by atoms with Gasteiger partial charge in [-0.05, 0) is 34.6 Å². The zero-order valence-corrected chi connectivity index (χ0v) is 13.5. The van der Waals surface area contributed by atoms with Gasteiger partial charge < -0.3 is 18.5 Å². The van der Waals surface area contributed by atoms with Crippen LogP contribution in [0.3, 0.4) is 0 Å². The Morgan fingerprint density at radius 2 is 1.63 bits per heavy atom. The molecule has 1 unspecified atom stereocenters. The van der Waals surface area contributed by atoms with Crippen molar-refractivity contribution in [3.8, 4) is 0 Å². The molecule has 6 nitrogen and oxygen atoms in total. The van der Waals surface area contributed by atoms with E-state index in [-0.39, 0.29) is 19.8 Å². The number of rotatable bonds is 8. The van der Waals surface area contributed by atoms with Gasteiger partial charge in [0.05, 0.1) is 19.8 Å². The van der Waals surface area contributed by atoms with Crippen LogP contribution in [0.1, 0.15) is 34.6 Å². The Balaban J connectivity index is 5.14. The molecule has 0 heterocycles. The molecule has 0 rings (SSSR count). The maximum atomic E-state index is 12.6. The minimum atomic E-state index is -3.59. The Bertz CT molecular complexity index is 313. The van der Waals surface area contributed by atoms with Crippen LogP contribution in [-0.2, 0) is 27.9 Å². The quantitative estimate of drug-likeness (QED) is 0.506. The van der Waals surface area contributed by atoms with Crippen molar-refractivity contribution in [1.29, 1.82) is 0 Å². The highest BCUT2D eigenvalue weighted by Gasteiger charge is 2.43. The van der Waals surface area contributed by atoms with Crippen molar-refractivity contribution in [3.63, 3.8) is 0 Å². The Labute approximate surface area is 115 Å². The summed E-state index contributed by atoms with van der Waals surface area (Å²) >= 11 is 0. The lowest BCUT2D eigenvalue weighted by Gasteiger charge is -2.27. The molecule has 0 aliphatic carbocycles. The molecule has 7 heteroatoms. The molecular formula is C12H25O6P. The average molecular weight is 296 g/mol. The number of hydrogen-bond acceptors (Lipinski definition) is 6. The fourth-order valence-corrected chi connectivity index (χ4v) is 3.19. The molecule has 0 aromatic carbocycles. The molecule has 0 N–H and O–H groups in total. The number of hydrogen-bond donors (Lipinski definition) is 0. The number of esters is 1. The molecule has 0 aromatic rings. The summed E-state index contributed by atoms with van der Waals surface area (Å²) in [6.45, 7) is 8.87. The van der Waals surface area contributed by atoms with E-state index in [0.717, 1.165) is 0 Å². The van der Waals surface area contributed by atoms with E-state index in [9.17, 15) is 9.36 Å². The number of methoxy groups -OCH3 is 1. The molecule has 114 valence electrons. The van der Waals surface area contributed by atoms with Crippen molar-refractivity contribution in [2.24, 2.45) is 0 Å². The fourth-order valence-electron chi connectivity index (χ4n) is 1.39. The van der Waals surface area contributed by atoms with E-state index in [4.69, 9.17) is 18.5 Å². The summed E-state index contributed by atoms with van der Waals surface area (Å²) in [5.74, 6) is -0.639. The lowest BCUT2D eigenvalue weighted by Crippen LogP contribution is -2.35. The molecule has 0 bridgehead atoms. The van der Waals surface area contributed by atoms with Crippen molar-refractivity contribution >= 4 is 13.6 Å². The summed E-state index contributed by atoms with van der Waals surface area (Å²) in [6, 6.07) is 0. The van der Waals surface area contributed by atoms with Gasteiger partial charge in [-0.3, -0.25) is 9.36 Å². The Hall–Kier alpha value is -0.420. The smallest absolute Gasteiger partial charge is 0.347 e. The van der Waals surface area contributed by atoms with Crippen LogP contribution in [0.25, 0.3) is 0 Å². The lowest BCUT2D eigenvalue weighted by atomic mass is 10.2. The summed E-state index contributed by atoms with van der Waals surface area (Å²) in [7, 11) is -2.17. The van der Waals surface area contributed by atoms with Gasteiger partial charge >= 0.3 is 13.6 Å². The van der Waals surface area contributed by atoms with Gasteiger partial charge in [0.15, 0.2) is 5.66 Å². The van der Waals surface area contributed by atoms with Gasteiger partial charge in [-0.15, -0.1) is 0 Å². The predicted molar refractivity (Wildman–Crippen MR) is 72.4 cm³/mol. The topological polar surface area (TPSA) is 71.1 Å². The molecule has 0 spiro atoms. The highest BCUT2D eigenvalue weighted by atomic mass is 31.2. The number of carbonyl (C=O) groups excluding carboxylic acids is 1. The van der Waals surface area contributed by atoms with Gasteiger partial charge in [-0.2, -0.15) is 0 Å². The van der Waals surface area contributed by atoms with Crippen LogP contribution >= 0.6 is 7.60 Å². The third kappa shape index (κ3) is 6.52. The molecule has 0 saturated carbocycles. The number of carbonyl (C=O) groups is 1. The third-order valence-electron chi connectivity index (χ3n) is 2.00. The van der Waals surface area contributed by atoms with Crippen molar-refractivity contribution in [3.05, 3.63) is 0 Å². The van der Waals surface area contributed by atoms with E-state index in [1.54, 1.807) is 34.6 Å². The average Bonchev–Trinajstić information content (AvgIpc) is 2.23. The molecule has 19 heavy (non-hydrogen) atoms. The van der Waals surface area contributed by atoms with E-state index in [0.29, 0.717) is 0 Å².